The van der Waals surface area contributed by atoms with Crippen LogP contribution in [0.3, 0.4) is 0 Å². The third-order valence-corrected chi connectivity index (χ3v) is 8.39. The second-order valence-electron chi connectivity index (χ2n) is 10.9. The zero-order chi connectivity index (χ0) is 27.1. The number of hydrogen-bond donors (Lipinski definition) is 0. The molecule has 2 saturated heterocycles. The third-order valence-electron chi connectivity index (χ3n) is 8.39. The van der Waals surface area contributed by atoms with Crippen LogP contribution in [0.5, 0.6) is 0 Å². The zero-order valence-electron chi connectivity index (χ0n) is 23.2. The molecule has 0 bridgehead atoms. The summed E-state index contributed by atoms with van der Waals surface area (Å²) in [5.74, 6) is 0. The van der Waals surface area contributed by atoms with Gasteiger partial charge in [0, 0.05) is 64.4 Å². The van der Waals surface area contributed by atoms with E-state index in [9.17, 15) is 4.79 Å². The first-order chi connectivity index (χ1) is 18.9. The van der Waals surface area contributed by atoms with Crippen molar-refractivity contribution in [3.8, 4) is 0 Å². The molecule has 0 N–H and O–H groups in total. The quantitative estimate of drug-likeness (QED) is 0.372. The predicted molar refractivity (Wildman–Crippen MR) is 151 cm³/mol. The van der Waals surface area contributed by atoms with E-state index in [1.165, 1.54) is 5.56 Å². The monoisotopic (exact) mass is 531 g/mol. The Kier molecular flexibility index (Phi) is 7.09. The summed E-state index contributed by atoms with van der Waals surface area (Å²) in [4.78, 5) is 26.9. The summed E-state index contributed by atoms with van der Waals surface area (Å²) in [5.41, 5.74) is 5.49. The van der Waals surface area contributed by atoms with Crippen molar-refractivity contribution < 1.29 is 9.47 Å². The Balaban J connectivity index is 1.33. The lowest BCUT2D eigenvalue weighted by Gasteiger charge is -2.48. The topological polar surface area (TPSA) is 90.5 Å². The summed E-state index contributed by atoms with van der Waals surface area (Å²) in [5, 5.41) is 4.99. The van der Waals surface area contributed by atoms with Crippen molar-refractivity contribution in [1.29, 1.82) is 0 Å². The molecule has 0 aliphatic carbocycles. The van der Waals surface area contributed by atoms with Crippen molar-refractivity contribution in [1.82, 2.24) is 29.2 Å². The molecule has 1 aromatic carbocycles. The molecule has 5 heterocycles. The molecular weight excluding hydrogens is 494 g/mol. The van der Waals surface area contributed by atoms with Gasteiger partial charge in [-0.3, -0.25) is 19.7 Å². The molecule has 0 saturated carbocycles. The highest BCUT2D eigenvalue weighted by Gasteiger charge is 2.36. The molecular formula is C29H37N7O3. The summed E-state index contributed by atoms with van der Waals surface area (Å²) in [6.07, 6.45) is 8.45. The van der Waals surface area contributed by atoms with Crippen molar-refractivity contribution in [3.63, 3.8) is 0 Å². The normalized spacial score (nSPS) is 23.5. The van der Waals surface area contributed by atoms with Crippen LogP contribution in [0.15, 0.2) is 47.7 Å². The van der Waals surface area contributed by atoms with Crippen molar-refractivity contribution in [3.05, 3.63) is 58.8 Å². The number of benzene rings is 1. The second kappa shape index (κ2) is 10.7. The molecule has 10 nitrogen and oxygen atoms in total. The van der Waals surface area contributed by atoms with E-state index in [2.05, 4.69) is 45.7 Å². The Morgan fingerprint density at radius 1 is 1.13 bits per heavy atom. The molecule has 6 rings (SSSR count). The molecule has 0 spiro atoms. The van der Waals surface area contributed by atoms with Crippen LogP contribution >= 0.6 is 0 Å². The molecule has 0 amide bonds. The van der Waals surface area contributed by atoms with Gasteiger partial charge in [0.25, 0.3) is 5.56 Å². The number of fused-ring (bicyclic) bond motifs is 2. The number of aromatic nitrogens is 5. The van der Waals surface area contributed by atoms with Gasteiger partial charge in [-0.05, 0) is 50.8 Å². The van der Waals surface area contributed by atoms with E-state index in [0.717, 1.165) is 66.7 Å². The smallest absolute Gasteiger partial charge is 0.252 e. The summed E-state index contributed by atoms with van der Waals surface area (Å²) in [6, 6.07) is 8.54. The Labute approximate surface area is 228 Å². The van der Waals surface area contributed by atoms with Gasteiger partial charge < -0.3 is 18.9 Å². The molecule has 2 aliphatic heterocycles. The number of anilines is 1. The van der Waals surface area contributed by atoms with Gasteiger partial charge in [-0.25, -0.2) is 4.68 Å². The molecule has 4 atom stereocenters. The maximum atomic E-state index is 13.1. The number of piperazine rings is 1. The molecule has 3 aromatic heterocycles. The van der Waals surface area contributed by atoms with E-state index in [-0.39, 0.29) is 29.9 Å². The van der Waals surface area contributed by atoms with E-state index in [0.29, 0.717) is 6.61 Å². The molecule has 2 fully saturated rings. The average Bonchev–Trinajstić information content (AvgIpc) is 3.42. The van der Waals surface area contributed by atoms with Crippen molar-refractivity contribution in [2.45, 2.75) is 57.5 Å². The van der Waals surface area contributed by atoms with Gasteiger partial charge in [0.05, 0.1) is 41.1 Å². The minimum atomic E-state index is -0.0906. The van der Waals surface area contributed by atoms with E-state index in [4.69, 9.17) is 14.6 Å². The standard InChI is InChI=1S/C29H37N7O3/c1-19-15-35(25-14-27(37)33(3)26-17-36(32-29(25)26)28-7-5-6-12-39-28)22(18-38-4)16-34(19)20(2)21-8-9-23-24(13-21)31-11-10-30-23/h8-11,13-14,17,19-20,22,28H,5-7,12,15-16,18H2,1-4H3/t19-,20?,22-,28?/m1/s1. The van der Waals surface area contributed by atoms with Gasteiger partial charge in [-0.15, -0.1) is 0 Å². The van der Waals surface area contributed by atoms with E-state index < -0.39 is 0 Å². The van der Waals surface area contributed by atoms with E-state index in [1.807, 2.05) is 24.0 Å². The lowest BCUT2D eigenvalue weighted by atomic mass is 9.99. The lowest BCUT2D eigenvalue weighted by Crippen LogP contribution is -2.59. The number of pyridine rings is 1. The Morgan fingerprint density at radius 3 is 2.72 bits per heavy atom. The Bertz CT molecular complexity index is 1530. The van der Waals surface area contributed by atoms with Gasteiger partial charge in [0.1, 0.15) is 11.7 Å². The maximum Gasteiger partial charge on any atom is 0.252 e. The maximum absolute atomic E-state index is 13.1. The number of nitrogens with zero attached hydrogens (tertiary/aromatic N) is 7. The first-order valence-electron chi connectivity index (χ1n) is 13.9. The summed E-state index contributed by atoms with van der Waals surface area (Å²) < 4.78 is 15.3. The van der Waals surface area contributed by atoms with E-state index >= 15 is 0 Å². The lowest BCUT2D eigenvalue weighted by molar-refractivity contribution is -0.0390. The van der Waals surface area contributed by atoms with Crippen molar-refractivity contribution >= 4 is 27.8 Å². The molecule has 2 aliphatic rings. The van der Waals surface area contributed by atoms with Crippen LogP contribution in [0.25, 0.3) is 22.1 Å². The SMILES string of the molecule is COC[C@H]1CN(C(C)c2ccc3nccnc3c2)[C@H](C)CN1c1cc(=O)n(C)c2cn(C3CCCCO3)nc12. The largest absolute Gasteiger partial charge is 0.383 e. The number of aryl methyl sites for hydroxylation is 1. The highest BCUT2D eigenvalue weighted by molar-refractivity contribution is 5.88. The van der Waals surface area contributed by atoms with Gasteiger partial charge in [0.15, 0.2) is 0 Å². The highest BCUT2D eigenvalue weighted by atomic mass is 16.5. The predicted octanol–water partition coefficient (Wildman–Crippen LogP) is 3.66. The molecule has 10 heteroatoms. The molecule has 4 aromatic rings. The van der Waals surface area contributed by atoms with E-state index in [1.54, 1.807) is 30.1 Å². The Hall–Kier alpha value is -3.34. The number of ether oxygens (including phenoxy) is 2. The van der Waals surface area contributed by atoms with Crippen LogP contribution in [-0.2, 0) is 16.5 Å². The first-order valence-corrected chi connectivity index (χ1v) is 13.9. The fourth-order valence-corrected chi connectivity index (χ4v) is 6.17. The summed E-state index contributed by atoms with van der Waals surface area (Å²) in [6.45, 7) is 7.32. The van der Waals surface area contributed by atoms with Crippen LogP contribution in [-0.4, -0.2) is 74.7 Å². The summed E-state index contributed by atoms with van der Waals surface area (Å²) in [7, 11) is 3.55. The fraction of sp³-hybridized carbons (Fsp3) is 0.517. The second-order valence-corrected chi connectivity index (χ2v) is 10.9. The van der Waals surface area contributed by atoms with Crippen LogP contribution in [0.1, 0.15) is 50.9 Å². The fourth-order valence-electron chi connectivity index (χ4n) is 6.17. The van der Waals surface area contributed by atoms with Crippen LogP contribution in [0.2, 0.25) is 0 Å². The Morgan fingerprint density at radius 2 is 1.95 bits per heavy atom. The van der Waals surface area contributed by atoms with Crippen molar-refractivity contribution in [2.24, 2.45) is 7.05 Å². The molecule has 206 valence electrons. The van der Waals surface area contributed by atoms with Crippen LogP contribution < -0.4 is 10.5 Å². The zero-order valence-corrected chi connectivity index (χ0v) is 23.2. The van der Waals surface area contributed by atoms with Gasteiger partial charge in [0.2, 0.25) is 0 Å². The highest BCUT2D eigenvalue weighted by Crippen LogP contribution is 2.34. The van der Waals surface area contributed by atoms with Crippen LogP contribution in [0, 0.1) is 0 Å². The minimum Gasteiger partial charge on any atom is -0.383 e. The third kappa shape index (κ3) is 4.81. The van der Waals surface area contributed by atoms with Gasteiger partial charge in [-0.1, -0.05) is 6.07 Å². The van der Waals surface area contributed by atoms with Crippen molar-refractivity contribution in [2.75, 3.05) is 38.3 Å². The number of hydrogen-bond acceptors (Lipinski definition) is 8. The minimum absolute atomic E-state index is 0.0431. The van der Waals surface area contributed by atoms with Gasteiger partial charge >= 0.3 is 0 Å². The summed E-state index contributed by atoms with van der Waals surface area (Å²) >= 11 is 0. The van der Waals surface area contributed by atoms with Crippen LogP contribution in [0.4, 0.5) is 5.69 Å². The molecule has 0 radical (unpaired) electrons. The number of rotatable bonds is 6. The molecule has 39 heavy (non-hydrogen) atoms. The van der Waals surface area contributed by atoms with Gasteiger partial charge in [-0.2, -0.15) is 5.10 Å². The molecule has 2 unspecified atom stereocenters. The average molecular weight is 532 g/mol. The number of methoxy groups -OCH3 is 1. The first kappa shape index (κ1) is 25.9.